The van der Waals surface area contributed by atoms with Gasteiger partial charge in [0, 0.05) is 20.2 Å². The standard InChI is InChI=1S/C12H15FN2O/c1-3-16-7-6-15(2)12-5-4-11(13)8-10(12)9-14/h4-5,8H,3,6-7H2,1-2H3. The molecule has 3 nitrogen and oxygen atoms in total. The predicted molar refractivity (Wildman–Crippen MR) is 60.9 cm³/mol. The van der Waals surface area contributed by atoms with Gasteiger partial charge in [0.05, 0.1) is 17.9 Å². The maximum atomic E-state index is 12.9. The Hall–Kier alpha value is -1.60. The lowest BCUT2D eigenvalue weighted by Gasteiger charge is -2.20. The zero-order valence-electron chi connectivity index (χ0n) is 9.53. The van der Waals surface area contributed by atoms with Crippen LogP contribution < -0.4 is 4.90 Å². The van der Waals surface area contributed by atoms with Crippen molar-refractivity contribution in [2.45, 2.75) is 6.92 Å². The van der Waals surface area contributed by atoms with E-state index >= 15 is 0 Å². The van der Waals surface area contributed by atoms with Gasteiger partial charge in [-0.1, -0.05) is 0 Å². The lowest BCUT2D eigenvalue weighted by molar-refractivity contribution is 0.154. The van der Waals surface area contributed by atoms with E-state index in [0.29, 0.717) is 25.3 Å². The van der Waals surface area contributed by atoms with Gasteiger partial charge in [-0.3, -0.25) is 0 Å². The van der Waals surface area contributed by atoms with Crippen LogP contribution in [-0.2, 0) is 4.74 Å². The first-order chi connectivity index (χ1) is 7.69. The first kappa shape index (κ1) is 12.5. The number of benzene rings is 1. The third-order valence-electron chi connectivity index (χ3n) is 2.27. The first-order valence-corrected chi connectivity index (χ1v) is 5.17. The number of rotatable bonds is 5. The van der Waals surface area contributed by atoms with Crippen molar-refractivity contribution in [3.05, 3.63) is 29.6 Å². The van der Waals surface area contributed by atoms with Crippen molar-refractivity contribution in [3.63, 3.8) is 0 Å². The van der Waals surface area contributed by atoms with Crippen molar-refractivity contribution in [2.75, 3.05) is 31.7 Å². The summed E-state index contributed by atoms with van der Waals surface area (Å²) >= 11 is 0. The maximum Gasteiger partial charge on any atom is 0.124 e. The molecule has 0 spiro atoms. The molecular formula is C12H15FN2O. The third kappa shape index (κ3) is 3.21. The van der Waals surface area contributed by atoms with Crippen molar-refractivity contribution >= 4 is 5.69 Å². The Bertz CT molecular complexity index is 387. The fourth-order valence-corrected chi connectivity index (χ4v) is 1.40. The lowest BCUT2D eigenvalue weighted by Crippen LogP contribution is -2.23. The number of halogens is 1. The average Bonchev–Trinajstić information content (AvgIpc) is 2.29. The van der Waals surface area contributed by atoms with Gasteiger partial charge in [0.2, 0.25) is 0 Å². The average molecular weight is 222 g/mol. The van der Waals surface area contributed by atoms with E-state index in [2.05, 4.69) is 0 Å². The molecule has 4 heteroatoms. The van der Waals surface area contributed by atoms with Gasteiger partial charge in [-0.2, -0.15) is 5.26 Å². The molecule has 86 valence electrons. The second-order valence-electron chi connectivity index (χ2n) is 3.39. The Morgan fingerprint density at radius 3 is 2.88 bits per heavy atom. The molecule has 0 radical (unpaired) electrons. The van der Waals surface area contributed by atoms with Crippen molar-refractivity contribution in [2.24, 2.45) is 0 Å². The molecule has 0 saturated carbocycles. The van der Waals surface area contributed by atoms with Crippen LogP contribution in [0.25, 0.3) is 0 Å². The molecular weight excluding hydrogens is 207 g/mol. The number of hydrogen-bond donors (Lipinski definition) is 0. The molecule has 0 aliphatic rings. The summed E-state index contributed by atoms with van der Waals surface area (Å²) in [7, 11) is 1.85. The minimum absolute atomic E-state index is 0.346. The summed E-state index contributed by atoms with van der Waals surface area (Å²) in [6, 6.07) is 6.19. The highest BCUT2D eigenvalue weighted by Gasteiger charge is 2.07. The molecule has 0 atom stereocenters. The molecule has 0 bridgehead atoms. The van der Waals surface area contributed by atoms with Gasteiger partial charge in [0.15, 0.2) is 0 Å². The minimum atomic E-state index is -0.390. The van der Waals surface area contributed by atoms with E-state index < -0.39 is 5.82 Å². The molecule has 0 unspecified atom stereocenters. The number of nitrogens with zero attached hydrogens (tertiary/aromatic N) is 2. The van der Waals surface area contributed by atoms with Crippen molar-refractivity contribution in [3.8, 4) is 6.07 Å². The van der Waals surface area contributed by atoms with Crippen LogP contribution in [0.2, 0.25) is 0 Å². The summed E-state index contributed by atoms with van der Waals surface area (Å²) in [5.41, 5.74) is 1.07. The Labute approximate surface area is 95.1 Å². The number of anilines is 1. The molecule has 0 aromatic heterocycles. The number of ether oxygens (including phenoxy) is 1. The van der Waals surface area contributed by atoms with E-state index in [4.69, 9.17) is 10.00 Å². The molecule has 0 amide bonds. The van der Waals surface area contributed by atoms with Crippen LogP contribution in [0.5, 0.6) is 0 Å². The Morgan fingerprint density at radius 1 is 1.50 bits per heavy atom. The van der Waals surface area contributed by atoms with Gasteiger partial charge in [-0.05, 0) is 25.1 Å². The SMILES string of the molecule is CCOCCN(C)c1ccc(F)cc1C#N. The van der Waals surface area contributed by atoms with Gasteiger partial charge in [0.1, 0.15) is 11.9 Å². The molecule has 1 aromatic carbocycles. The van der Waals surface area contributed by atoms with Crippen molar-refractivity contribution in [1.29, 1.82) is 5.26 Å². The zero-order valence-corrected chi connectivity index (χ0v) is 9.53. The largest absolute Gasteiger partial charge is 0.380 e. The fourth-order valence-electron chi connectivity index (χ4n) is 1.40. The Kier molecular flexibility index (Phi) is 4.74. The second-order valence-corrected chi connectivity index (χ2v) is 3.39. The van der Waals surface area contributed by atoms with E-state index in [0.717, 1.165) is 5.69 Å². The van der Waals surface area contributed by atoms with E-state index in [9.17, 15) is 4.39 Å². The van der Waals surface area contributed by atoms with Gasteiger partial charge >= 0.3 is 0 Å². The van der Waals surface area contributed by atoms with Crippen molar-refractivity contribution in [1.82, 2.24) is 0 Å². The van der Waals surface area contributed by atoms with Crippen LogP contribution in [0.3, 0.4) is 0 Å². The Morgan fingerprint density at radius 2 is 2.25 bits per heavy atom. The highest BCUT2D eigenvalue weighted by atomic mass is 19.1. The van der Waals surface area contributed by atoms with E-state index in [1.807, 2.05) is 24.9 Å². The van der Waals surface area contributed by atoms with Crippen molar-refractivity contribution < 1.29 is 9.13 Å². The molecule has 0 aliphatic carbocycles. The predicted octanol–water partition coefficient (Wildman–Crippen LogP) is 2.17. The minimum Gasteiger partial charge on any atom is -0.380 e. The normalized spacial score (nSPS) is 9.88. The molecule has 0 heterocycles. The quantitative estimate of drug-likeness (QED) is 0.716. The maximum absolute atomic E-state index is 12.9. The van der Waals surface area contributed by atoms with E-state index in [1.54, 1.807) is 6.07 Å². The van der Waals surface area contributed by atoms with Gasteiger partial charge < -0.3 is 9.64 Å². The molecule has 0 fully saturated rings. The highest BCUT2D eigenvalue weighted by Crippen LogP contribution is 2.19. The smallest absolute Gasteiger partial charge is 0.124 e. The summed E-state index contributed by atoms with van der Waals surface area (Å²) in [5, 5.41) is 8.89. The second kappa shape index (κ2) is 6.09. The summed E-state index contributed by atoms with van der Waals surface area (Å²) in [6.07, 6.45) is 0. The van der Waals surface area contributed by atoms with E-state index in [-0.39, 0.29) is 0 Å². The molecule has 1 aromatic rings. The Balaban J connectivity index is 2.75. The van der Waals surface area contributed by atoms with Gasteiger partial charge in [0.25, 0.3) is 0 Å². The molecule has 0 N–H and O–H groups in total. The monoisotopic (exact) mass is 222 g/mol. The summed E-state index contributed by atoms with van der Waals surface area (Å²) in [5.74, 6) is -0.390. The number of nitriles is 1. The molecule has 0 saturated heterocycles. The molecule has 1 rings (SSSR count). The number of hydrogen-bond acceptors (Lipinski definition) is 3. The van der Waals surface area contributed by atoms with Crippen LogP contribution in [0.4, 0.5) is 10.1 Å². The summed E-state index contributed by atoms with van der Waals surface area (Å²) < 4.78 is 18.1. The van der Waals surface area contributed by atoms with E-state index in [1.165, 1.54) is 12.1 Å². The molecule has 16 heavy (non-hydrogen) atoms. The zero-order chi connectivity index (χ0) is 12.0. The number of likely N-dealkylation sites (N-methyl/N-ethyl adjacent to an activating group) is 1. The van der Waals surface area contributed by atoms with Crippen LogP contribution in [0.15, 0.2) is 18.2 Å². The molecule has 0 aliphatic heterocycles. The third-order valence-corrected chi connectivity index (χ3v) is 2.27. The summed E-state index contributed by atoms with van der Waals surface area (Å²) in [6.45, 7) is 3.87. The van der Waals surface area contributed by atoms with Crippen LogP contribution in [0, 0.1) is 17.1 Å². The van der Waals surface area contributed by atoms with Gasteiger partial charge in [-0.15, -0.1) is 0 Å². The summed E-state index contributed by atoms with van der Waals surface area (Å²) in [4.78, 5) is 1.88. The lowest BCUT2D eigenvalue weighted by atomic mass is 10.2. The topological polar surface area (TPSA) is 36.3 Å². The van der Waals surface area contributed by atoms with Crippen LogP contribution in [0.1, 0.15) is 12.5 Å². The highest BCUT2D eigenvalue weighted by molar-refractivity contribution is 5.58. The fraction of sp³-hybridized carbons (Fsp3) is 0.417. The van der Waals surface area contributed by atoms with Gasteiger partial charge in [-0.25, -0.2) is 4.39 Å². The first-order valence-electron chi connectivity index (χ1n) is 5.17. The van der Waals surface area contributed by atoms with Crippen LogP contribution >= 0.6 is 0 Å². The van der Waals surface area contributed by atoms with Crippen LogP contribution in [-0.4, -0.2) is 26.8 Å².